The smallest absolute Gasteiger partial charge is 0.419 e. The molecular weight excluding hydrogens is 342 g/mol. The molecule has 0 radical (unpaired) electrons. The topological polar surface area (TPSA) is 57.5 Å². The summed E-state index contributed by atoms with van der Waals surface area (Å²) in [4.78, 5) is 24.4. The molecule has 3 rings (SSSR count). The summed E-state index contributed by atoms with van der Waals surface area (Å²) in [6.45, 7) is 6.85. The van der Waals surface area contributed by atoms with Gasteiger partial charge in [0.25, 0.3) is 0 Å². The lowest BCUT2D eigenvalue weighted by molar-refractivity contribution is -0.147. The van der Waals surface area contributed by atoms with Crippen molar-refractivity contribution in [3.63, 3.8) is 0 Å². The molecule has 0 saturated carbocycles. The van der Waals surface area contributed by atoms with Crippen LogP contribution in [0.4, 0.5) is 4.79 Å². The van der Waals surface area contributed by atoms with Crippen molar-refractivity contribution in [3.8, 4) is 0 Å². The summed E-state index contributed by atoms with van der Waals surface area (Å²) in [5.74, 6) is -0.364. The number of aryl methyl sites for hydroxylation is 1. The van der Waals surface area contributed by atoms with Crippen LogP contribution in [-0.2, 0) is 20.7 Å². The van der Waals surface area contributed by atoms with Crippen LogP contribution >= 0.6 is 11.6 Å². The molecule has 1 aromatic carbocycles. The average Bonchev–Trinajstić information content (AvgIpc) is 2.80. The van der Waals surface area contributed by atoms with Gasteiger partial charge in [0, 0.05) is 17.3 Å². The number of esters is 1. The summed E-state index contributed by atoms with van der Waals surface area (Å²) in [5, 5.41) is 1.51. The van der Waals surface area contributed by atoms with Crippen LogP contribution in [0.25, 0.3) is 10.9 Å². The molecular formula is C19H22ClNO4. The van der Waals surface area contributed by atoms with E-state index in [-0.39, 0.29) is 5.97 Å². The molecule has 1 aliphatic rings. The van der Waals surface area contributed by atoms with Crippen LogP contribution in [0.15, 0.2) is 18.2 Å². The summed E-state index contributed by atoms with van der Waals surface area (Å²) >= 11 is 6.17. The predicted octanol–water partition coefficient (Wildman–Crippen LogP) is 5.02. The van der Waals surface area contributed by atoms with Gasteiger partial charge in [0.1, 0.15) is 11.7 Å². The molecule has 0 aliphatic heterocycles. The van der Waals surface area contributed by atoms with E-state index in [1.54, 1.807) is 10.6 Å². The van der Waals surface area contributed by atoms with E-state index in [2.05, 4.69) is 0 Å². The van der Waals surface area contributed by atoms with Crippen molar-refractivity contribution < 1.29 is 19.1 Å². The van der Waals surface area contributed by atoms with E-state index in [1.165, 1.54) is 6.92 Å². The first-order valence-electron chi connectivity index (χ1n) is 8.40. The van der Waals surface area contributed by atoms with Crippen molar-refractivity contribution in [2.75, 3.05) is 0 Å². The lowest BCUT2D eigenvalue weighted by atomic mass is 9.93. The molecule has 1 aromatic heterocycles. The van der Waals surface area contributed by atoms with Gasteiger partial charge in [-0.25, -0.2) is 9.36 Å². The number of rotatable bonds is 1. The lowest BCUT2D eigenvalue weighted by Gasteiger charge is -2.26. The number of benzene rings is 1. The van der Waals surface area contributed by atoms with Gasteiger partial charge in [0.2, 0.25) is 0 Å². The van der Waals surface area contributed by atoms with Gasteiger partial charge < -0.3 is 9.47 Å². The molecule has 2 aromatic rings. The Morgan fingerprint density at radius 1 is 1.28 bits per heavy atom. The number of fused-ring (bicyclic) bond motifs is 3. The zero-order valence-electron chi connectivity index (χ0n) is 14.9. The normalized spacial score (nSPS) is 17.2. The highest BCUT2D eigenvalue weighted by molar-refractivity contribution is 6.31. The largest absolute Gasteiger partial charge is 0.456 e. The van der Waals surface area contributed by atoms with Crippen molar-refractivity contribution >= 4 is 34.6 Å². The summed E-state index contributed by atoms with van der Waals surface area (Å²) in [6, 6.07) is 5.41. The van der Waals surface area contributed by atoms with Gasteiger partial charge in [-0.3, -0.25) is 4.79 Å². The molecule has 0 amide bonds. The highest BCUT2D eigenvalue weighted by Gasteiger charge is 2.33. The Hall–Kier alpha value is -2.01. The average molecular weight is 364 g/mol. The molecule has 1 aliphatic carbocycles. The summed E-state index contributed by atoms with van der Waals surface area (Å²) < 4.78 is 12.6. The van der Waals surface area contributed by atoms with Gasteiger partial charge in [-0.15, -0.1) is 0 Å². The number of hydrogen-bond acceptors (Lipinski definition) is 4. The molecule has 0 spiro atoms. The fraction of sp³-hybridized carbons (Fsp3) is 0.474. The van der Waals surface area contributed by atoms with Crippen LogP contribution < -0.4 is 0 Å². The van der Waals surface area contributed by atoms with E-state index in [4.69, 9.17) is 21.1 Å². The standard InChI is InChI=1S/C19H22ClNO4/c1-11(22)24-16-7-5-6-13-14-10-12(20)8-9-15(14)21(17(13)16)18(23)25-19(2,3)4/h8-10,16H,5-7H2,1-4H3. The van der Waals surface area contributed by atoms with E-state index in [1.807, 2.05) is 32.9 Å². The number of hydrogen-bond donors (Lipinski definition) is 0. The predicted molar refractivity (Wildman–Crippen MR) is 96.0 cm³/mol. The SMILES string of the molecule is CC(=O)OC1CCCc2c1n(C(=O)OC(C)(C)C)c1ccc(Cl)cc21. The van der Waals surface area contributed by atoms with Gasteiger partial charge in [-0.05, 0) is 63.8 Å². The Morgan fingerprint density at radius 3 is 2.64 bits per heavy atom. The molecule has 1 heterocycles. The van der Waals surface area contributed by atoms with E-state index in [9.17, 15) is 9.59 Å². The maximum atomic E-state index is 12.9. The molecule has 1 atom stereocenters. The third kappa shape index (κ3) is 3.52. The molecule has 134 valence electrons. The number of carbonyl (C=O) groups is 2. The fourth-order valence-electron chi connectivity index (χ4n) is 3.37. The van der Waals surface area contributed by atoms with Crippen LogP contribution in [0.1, 0.15) is 57.9 Å². The highest BCUT2D eigenvalue weighted by atomic mass is 35.5. The van der Waals surface area contributed by atoms with Gasteiger partial charge in [0.05, 0.1) is 11.2 Å². The van der Waals surface area contributed by atoms with Crippen LogP contribution in [-0.4, -0.2) is 22.2 Å². The summed E-state index contributed by atoms with van der Waals surface area (Å²) in [6.07, 6.45) is 1.43. The van der Waals surface area contributed by atoms with Crippen molar-refractivity contribution in [1.82, 2.24) is 4.57 Å². The van der Waals surface area contributed by atoms with Gasteiger partial charge >= 0.3 is 12.1 Å². The van der Waals surface area contributed by atoms with Crippen LogP contribution in [0.5, 0.6) is 0 Å². The molecule has 5 nitrogen and oxygen atoms in total. The molecule has 0 saturated heterocycles. The van der Waals surface area contributed by atoms with Crippen molar-refractivity contribution in [3.05, 3.63) is 34.5 Å². The van der Waals surface area contributed by atoms with E-state index in [0.717, 1.165) is 29.3 Å². The van der Waals surface area contributed by atoms with E-state index in [0.29, 0.717) is 17.1 Å². The second-order valence-electron chi connectivity index (χ2n) is 7.33. The first-order chi connectivity index (χ1) is 11.7. The first-order valence-corrected chi connectivity index (χ1v) is 8.78. The molecule has 0 fully saturated rings. The fourth-order valence-corrected chi connectivity index (χ4v) is 3.54. The van der Waals surface area contributed by atoms with Crippen molar-refractivity contribution in [2.45, 2.75) is 58.7 Å². The zero-order chi connectivity index (χ0) is 18.4. The number of ether oxygens (including phenoxy) is 2. The van der Waals surface area contributed by atoms with Crippen LogP contribution in [0, 0.1) is 0 Å². The van der Waals surface area contributed by atoms with Gasteiger partial charge in [-0.1, -0.05) is 11.6 Å². The lowest BCUT2D eigenvalue weighted by Crippen LogP contribution is -2.29. The minimum absolute atomic E-state index is 0.364. The van der Waals surface area contributed by atoms with Crippen LogP contribution in [0.2, 0.25) is 5.02 Å². The maximum Gasteiger partial charge on any atom is 0.419 e. The quantitative estimate of drug-likeness (QED) is 0.667. The monoisotopic (exact) mass is 363 g/mol. The third-order valence-corrected chi connectivity index (χ3v) is 4.39. The highest BCUT2D eigenvalue weighted by Crippen LogP contribution is 2.40. The second kappa shape index (κ2) is 6.37. The van der Waals surface area contributed by atoms with Crippen LogP contribution in [0.3, 0.4) is 0 Å². The number of carbonyl (C=O) groups excluding carboxylic acids is 2. The van der Waals surface area contributed by atoms with Crippen molar-refractivity contribution in [2.24, 2.45) is 0 Å². The summed E-state index contributed by atoms with van der Waals surface area (Å²) in [7, 11) is 0. The Morgan fingerprint density at radius 2 is 2.00 bits per heavy atom. The third-order valence-electron chi connectivity index (χ3n) is 4.16. The Bertz CT molecular complexity index is 847. The minimum Gasteiger partial charge on any atom is -0.456 e. The Balaban J connectivity index is 2.23. The molecule has 25 heavy (non-hydrogen) atoms. The van der Waals surface area contributed by atoms with E-state index < -0.39 is 17.8 Å². The maximum absolute atomic E-state index is 12.9. The first kappa shape index (κ1) is 17.8. The molecule has 0 N–H and O–H groups in total. The molecule has 6 heteroatoms. The number of aromatic nitrogens is 1. The minimum atomic E-state index is -0.626. The number of nitrogens with zero attached hydrogens (tertiary/aromatic N) is 1. The summed E-state index contributed by atoms with van der Waals surface area (Å²) in [5.41, 5.74) is 1.80. The van der Waals surface area contributed by atoms with E-state index >= 15 is 0 Å². The van der Waals surface area contributed by atoms with Crippen molar-refractivity contribution in [1.29, 1.82) is 0 Å². The molecule has 0 bridgehead atoms. The zero-order valence-corrected chi connectivity index (χ0v) is 15.6. The molecule has 1 unspecified atom stereocenters. The van der Waals surface area contributed by atoms with Gasteiger partial charge in [-0.2, -0.15) is 0 Å². The Labute approximate surface area is 151 Å². The second-order valence-corrected chi connectivity index (χ2v) is 7.77. The number of halogens is 1. The van der Waals surface area contributed by atoms with Gasteiger partial charge in [0.15, 0.2) is 0 Å². The Kier molecular flexibility index (Phi) is 4.54.